The van der Waals surface area contributed by atoms with Crippen molar-refractivity contribution < 1.29 is 24.0 Å². The summed E-state index contributed by atoms with van der Waals surface area (Å²) in [6.45, 7) is 9.16. The Kier molecular flexibility index (Phi) is 14.5. The maximum absolute atomic E-state index is 13.4. The number of nitrogens with two attached hydrogens (primary N) is 1. The lowest BCUT2D eigenvalue weighted by Gasteiger charge is -2.29. The summed E-state index contributed by atoms with van der Waals surface area (Å²) in [7, 11) is 0. The van der Waals surface area contributed by atoms with E-state index in [1.54, 1.807) is 18.7 Å². The van der Waals surface area contributed by atoms with Crippen molar-refractivity contribution >= 4 is 53.1 Å². The van der Waals surface area contributed by atoms with Gasteiger partial charge in [0.15, 0.2) is 0 Å². The Labute approximate surface area is 251 Å². The Morgan fingerprint density at radius 1 is 0.951 bits per heavy atom. The van der Waals surface area contributed by atoms with Gasteiger partial charge in [-0.15, -0.1) is 0 Å². The summed E-state index contributed by atoms with van der Waals surface area (Å²) >= 11 is 3.10. The zero-order chi connectivity index (χ0) is 30.5. The second kappa shape index (κ2) is 17.3. The number of carbonyl (C=O) groups is 5. The molecule has 41 heavy (non-hydrogen) atoms. The molecular formula is C29H45N5O5S2. The molecule has 5 atom stereocenters. The van der Waals surface area contributed by atoms with Crippen LogP contribution in [0.15, 0.2) is 24.3 Å². The predicted octanol–water partition coefficient (Wildman–Crippen LogP) is 2.09. The Morgan fingerprint density at radius 3 is 2.22 bits per heavy atom. The summed E-state index contributed by atoms with van der Waals surface area (Å²) in [6.07, 6.45) is 1.19. The summed E-state index contributed by atoms with van der Waals surface area (Å²) in [5, 5.41) is 11.0. The second-order valence-electron chi connectivity index (χ2n) is 11.0. The molecule has 0 saturated carbocycles. The fourth-order valence-corrected chi connectivity index (χ4v) is 6.16. The number of hydrogen-bond donors (Lipinski definition) is 5. The molecule has 10 nitrogen and oxygen atoms in total. The molecule has 0 aromatic heterocycles. The maximum atomic E-state index is 13.4. The van der Waals surface area contributed by atoms with Crippen LogP contribution in [0.5, 0.6) is 0 Å². The van der Waals surface area contributed by atoms with Crippen molar-refractivity contribution in [1.82, 2.24) is 21.3 Å². The monoisotopic (exact) mass is 607 g/mol. The second-order valence-corrected chi connectivity index (χ2v) is 13.1. The van der Waals surface area contributed by atoms with Gasteiger partial charge in [-0.3, -0.25) is 24.0 Å². The average molecular weight is 608 g/mol. The molecule has 0 aliphatic carbocycles. The first kappa shape index (κ1) is 34.5. The number of hydrogen-bond acceptors (Lipinski definition) is 7. The first-order valence-corrected chi connectivity index (χ1v) is 16.4. The molecule has 1 heterocycles. The highest BCUT2D eigenvalue weighted by molar-refractivity contribution is 7.98. The number of nitrogens with one attached hydrogen (secondary N) is 4. The molecule has 0 fully saturated rings. The summed E-state index contributed by atoms with van der Waals surface area (Å²) in [4.78, 5) is 64.4. The van der Waals surface area contributed by atoms with E-state index in [0.717, 1.165) is 16.9 Å². The lowest BCUT2D eigenvalue weighted by molar-refractivity contribution is -0.135. The van der Waals surface area contributed by atoms with Crippen molar-refractivity contribution in [3.63, 3.8) is 0 Å². The Hall–Kier alpha value is -2.73. The number of thioether (sulfide) groups is 2. The van der Waals surface area contributed by atoms with Gasteiger partial charge in [-0.1, -0.05) is 58.4 Å². The van der Waals surface area contributed by atoms with Crippen molar-refractivity contribution in [2.75, 3.05) is 11.5 Å². The minimum Gasteiger partial charge on any atom is -0.368 e. The molecule has 2 rings (SSSR count). The molecule has 5 amide bonds. The van der Waals surface area contributed by atoms with E-state index < -0.39 is 47.8 Å². The van der Waals surface area contributed by atoms with Crippen LogP contribution in [0.25, 0.3) is 0 Å². The van der Waals surface area contributed by atoms with Gasteiger partial charge < -0.3 is 27.0 Å². The van der Waals surface area contributed by atoms with E-state index in [2.05, 4.69) is 27.3 Å². The molecule has 6 N–H and O–H groups in total. The van der Waals surface area contributed by atoms with Crippen LogP contribution >= 0.6 is 23.5 Å². The standard InChI is InChI=1S/C29H45N5O5S2/c1-6-18(4)25-29(39)33-23(26(30)36)16-41-15-21-9-7-8-20(13-21)14-40-11-10-24(35)31-19(5)27(37)32-22(12-17(2)3)28(38)34-25/h7-9,13,17-19,22-23,25H,6,10-12,14-16H2,1-5H3,(H2,30,36)(H,31,35)(H,32,37)(H,33,39)(H,34,38)/t18-,19-,22-,23+,25-/m0/s1. The molecule has 228 valence electrons. The van der Waals surface area contributed by atoms with E-state index in [0.29, 0.717) is 24.3 Å². The van der Waals surface area contributed by atoms with Gasteiger partial charge in [-0.2, -0.15) is 23.5 Å². The van der Waals surface area contributed by atoms with Gasteiger partial charge in [0, 0.05) is 29.4 Å². The van der Waals surface area contributed by atoms with Crippen molar-refractivity contribution in [3.8, 4) is 0 Å². The fourth-order valence-electron chi connectivity index (χ4n) is 4.25. The normalized spacial score (nSPS) is 25.0. The SMILES string of the molecule is CC[C@H](C)[C@@H]1NC(=O)[C@H](CC(C)C)NC(=O)[C@H](C)NC(=O)CCSCc2cccc(c2)CSC[C@H](C(N)=O)NC1=O. The zero-order valence-electron chi connectivity index (χ0n) is 24.7. The molecule has 0 saturated heterocycles. The largest absolute Gasteiger partial charge is 0.368 e. The lowest BCUT2D eigenvalue weighted by Crippen LogP contribution is -2.59. The molecule has 0 spiro atoms. The first-order valence-electron chi connectivity index (χ1n) is 14.1. The summed E-state index contributed by atoms with van der Waals surface area (Å²) in [6, 6.07) is 4.47. The Bertz CT molecular complexity index is 1070. The van der Waals surface area contributed by atoms with Crippen LogP contribution in [0.1, 0.15) is 65.0 Å². The third-order valence-corrected chi connectivity index (χ3v) is 8.99. The number of primary amides is 1. The van der Waals surface area contributed by atoms with Crippen molar-refractivity contribution in [2.24, 2.45) is 17.6 Å². The molecule has 0 radical (unpaired) electrons. The Morgan fingerprint density at radius 2 is 1.61 bits per heavy atom. The molecule has 1 aromatic rings. The van der Waals surface area contributed by atoms with Crippen LogP contribution in [0, 0.1) is 11.8 Å². The topological polar surface area (TPSA) is 159 Å². The third kappa shape index (κ3) is 12.0. The van der Waals surface area contributed by atoms with Crippen LogP contribution in [-0.4, -0.2) is 65.2 Å². The van der Waals surface area contributed by atoms with E-state index in [1.807, 2.05) is 45.9 Å². The third-order valence-electron chi connectivity index (χ3n) is 6.85. The molecular weight excluding hydrogens is 562 g/mol. The van der Waals surface area contributed by atoms with E-state index in [1.165, 1.54) is 11.8 Å². The van der Waals surface area contributed by atoms with Gasteiger partial charge in [-0.05, 0) is 36.3 Å². The minimum atomic E-state index is -0.935. The molecule has 1 aliphatic heterocycles. The van der Waals surface area contributed by atoms with Crippen LogP contribution in [0.2, 0.25) is 0 Å². The van der Waals surface area contributed by atoms with Crippen molar-refractivity contribution in [1.29, 1.82) is 0 Å². The van der Waals surface area contributed by atoms with E-state index in [-0.39, 0.29) is 29.9 Å². The minimum absolute atomic E-state index is 0.0678. The van der Waals surface area contributed by atoms with E-state index in [9.17, 15) is 24.0 Å². The zero-order valence-corrected chi connectivity index (χ0v) is 26.3. The lowest BCUT2D eigenvalue weighted by atomic mass is 9.96. The predicted molar refractivity (Wildman–Crippen MR) is 165 cm³/mol. The summed E-state index contributed by atoms with van der Waals surface area (Å²) in [5.41, 5.74) is 7.82. The van der Waals surface area contributed by atoms with Gasteiger partial charge in [0.25, 0.3) is 0 Å². The molecule has 2 bridgehead atoms. The van der Waals surface area contributed by atoms with Crippen LogP contribution in [0.4, 0.5) is 0 Å². The number of rotatable bonds is 5. The molecule has 12 heteroatoms. The highest BCUT2D eigenvalue weighted by Crippen LogP contribution is 2.19. The number of amides is 5. The van der Waals surface area contributed by atoms with Crippen molar-refractivity contribution in [3.05, 3.63) is 35.4 Å². The van der Waals surface area contributed by atoms with E-state index >= 15 is 0 Å². The van der Waals surface area contributed by atoms with Crippen molar-refractivity contribution in [2.45, 2.75) is 89.6 Å². The highest BCUT2D eigenvalue weighted by atomic mass is 32.2. The van der Waals surface area contributed by atoms with Gasteiger partial charge >= 0.3 is 0 Å². The van der Waals surface area contributed by atoms with Gasteiger partial charge in [0.05, 0.1) is 0 Å². The van der Waals surface area contributed by atoms with Gasteiger partial charge in [-0.25, -0.2) is 0 Å². The fraction of sp³-hybridized carbons (Fsp3) is 0.621. The summed E-state index contributed by atoms with van der Waals surface area (Å²) < 4.78 is 0. The summed E-state index contributed by atoms with van der Waals surface area (Å²) in [5.74, 6) is -0.349. The smallest absolute Gasteiger partial charge is 0.243 e. The van der Waals surface area contributed by atoms with Gasteiger partial charge in [0.2, 0.25) is 29.5 Å². The Balaban J connectivity index is 2.32. The number of carbonyl (C=O) groups excluding carboxylic acids is 5. The molecule has 0 unspecified atom stereocenters. The highest BCUT2D eigenvalue weighted by Gasteiger charge is 2.32. The number of fused-ring (bicyclic) bond motifs is 2. The molecule has 1 aliphatic rings. The maximum Gasteiger partial charge on any atom is 0.243 e. The van der Waals surface area contributed by atoms with Crippen LogP contribution in [-0.2, 0) is 35.5 Å². The first-order chi connectivity index (χ1) is 19.4. The quantitative estimate of drug-likeness (QED) is 0.343. The van der Waals surface area contributed by atoms with E-state index in [4.69, 9.17) is 5.73 Å². The van der Waals surface area contributed by atoms with Gasteiger partial charge in [0.1, 0.15) is 24.2 Å². The number of benzene rings is 1. The molecule has 1 aromatic carbocycles. The average Bonchev–Trinajstić information content (AvgIpc) is 2.91. The van der Waals surface area contributed by atoms with Crippen LogP contribution in [0.3, 0.4) is 0 Å². The van der Waals surface area contributed by atoms with Crippen LogP contribution < -0.4 is 27.0 Å².